The Hall–Kier alpha value is -1.66. The average molecular weight is 326 g/mol. The molecule has 0 aliphatic carbocycles. The molecule has 1 heterocycles. The van der Waals surface area contributed by atoms with Crippen LogP contribution < -0.4 is 5.32 Å². The summed E-state index contributed by atoms with van der Waals surface area (Å²) in [6.45, 7) is 4.20. The molecule has 0 unspecified atom stereocenters. The molecule has 0 saturated carbocycles. The first kappa shape index (κ1) is 15.7. The maximum atomic E-state index is 11.4. The van der Waals surface area contributed by atoms with E-state index in [9.17, 15) is 8.42 Å². The summed E-state index contributed by atoms with van der Waals surface area (Å²) >= 11 is 6.04. The van der Waals surface area contributed by atoms with Gasteiger partial charge in [-0.25, -0.2) is 18.4 Å². The second-order valence-electron chi connectivity index (χ2n) is 4.80. The van der Waals surface area contributed by atoms with E-state index in [2.05, 4.69) is 15.3 Å². The summed E-state index contributed by atoms with van der Waals surface area (Å²) in [5, 5.41) is 3.43. The van der Waals surface area contributed by atoms with Crippen molar-refractivity contribution in [3.05, 3.63) is 46.4 Å². The molecule has 0 amide bonds. The summed E-state index contributed by atoms with van der Waals surface area (Å²) < 4.78 is 22.8. The van der Waals surface area contributed by atoms with Crippen LogP contribution in [-0.4, -0.2) is 24.6 Å². The number of aromatic nitrogens is 2. The lowest BCUT2D eigenvalue weighted by molar-refractivity contribution is 0.602. The van der Waals surface area contributed by atoms with Crippen LogP contribution in [0.25, 0.3) is 0 Å². The Labute approximate surface area is 129 Å². The van der Waals surface area contributed by atoms with E-state index in [0.717, 1.165) is 17.0 Å². The first-order chi connectivity index (χ1) is 9.77. The van der Waals surface area contributed by atoms with Crippen LogP contribution in [0.5, 0.6) is 0 Å². The molecule has 0 aliphatic heterocycles. The van der Waals surface area contributed by atoms with Crippen molar-refractivity contribution in [3.63, 3.8) is 0 Å². The lowest BCUT2D eigenvalue weighted by Crippen LogP contribution is -2.05. The van der Waals surface area contributed by atoms with Gasteiger partial charge in [-0.3, -0.25) is 0 Å². The zero-order valence-electron chi connectivity index (χ0n) is 12.0. The highest BCUT2D eigenvalue weighted by Crippen LogP contribution is 2.19. The summed E-state index contributed by atoms with van der Waals surface area (Å²) in [6, 6.07) is 6.68. The van der Waals surface area contributed by atoms with Gasteiger partial charge in [-0.2, -0.15) is 0 Å². The fourth-order valence-corrected chi connectivity index (χ4v) is 2.59. The molecule has 0 atom stereocenters. The van der Waals surface area contributed by atoms with Crippen molar-refractivity contribution < 1.29 is 8.42 Å². The van der Waals surface area contributed by atoms with E-state index >= 15 is 0 Å². The minimum atomic E-state index is -3.17. The fourth-order valence-electron chi connectivity index (χ4n) is 1.73. The zero-order valence-corrected chi connectivity index (χ0v) is 13.6. The minimum absolute atomic E-state index is 0.301. The molecule has 5 nitrogen and oxygen atoms in total. The van der Waals surface area contributed by atoms with Crippen molar-refractivity contribution in [2.75, 3.05) is 11.6 Å². The number of benzene rings is 1. The molecular formula is C14H16ClN3O2S. The Morgan fingerprint density at radius 1 is 1.10 bits per heavy atom. The molecule has 21 heavy (non-hydrogen) atoms. The van der Waals surface area contributed by atoms with Crippen LogP contribution in [0.4, 0.5) is 5.82 Å². The van der Waals surface area contributed by atoms with Crippen molar-refractivity contribution in [1.29, 1.82) is 0 Å². The van der Waals surface area contributed by atoms with Gasteiger partial charge in [0.2, 0.25) is 0 Å². The van der Waals surface area contributed by atoms with Crippen molar-refractivity contribution >= 4 is 27.3 Å². The van der Waals surface area contributed by atoms with Gasteiger partial charge in [-0.05, 0) is 31.5 Å². The number of hydrogen-bond donors (Lipinski definition) is 1. The molecule has 7 heteroatoms. The third-order valence-corrected chi connectivity index (χ3v) is 4.47. The second kappa shape index (κ2) is 5.99. The molecule has 1 aromatic heterocycles. The van der Waals surface area contributed by atoms with Crippen LogP contribution in [-0.2, 0) is 16.4 Å². The molecule has 0 radical (unpaired) electrons. The van der Waals surface area contributed by atoms with Gasteiger partial charge in [0.15, 0.2) is 20.8 Å². The maximum Gasteiger partial charge on any atom is 0.175 e. The fraction of sp³-hybridized carbons (Fsp3) is 0.286. The lowest BCUT2D eigenvalue weighted by atomic mass is 10.2. The molecule has 0 saturated heterocycles. The van der Waals surface area contributed by atoms with E-state index in [1.165, 1.54) is 6.26 Å². The Morgan fingerprint density at radius 2 is 1.67 bits per heavy atom. The number of aryl methyl sites for hydroxylation is 2. The molecule has 112 valence electrons. The number of nitrogens with one attached hydrogen (secondary N) is 1. The molecule has 1 N–H and O–H groups in total. The molecule has 0 aliphatic rings. The lowest BCUT2D eigenvalue weighted by Gasteiger charge is -2.09. The third-order valence-electron chi connectivity index (χ3n) is 3.08. The highest BCUT2D eigenvalue weighted by Gasteiger charge is 2.08. The predicted octanol–water partition coefficient (Wildman–Crippen LogP) is 2.76. The van der Waals surface area contributed by atoms with Gasteiger partial charge in [-0.15, -0.1) is 0 Å². The molecular weight excluding hydrogens is 310 g/mol. The second-order valence-corrected chi connectivity index (χ2v) is 7.18. The zero-order chi connectivity index (χ0) is 15.6. The summed E-state index contributed by atoms with van der Waals surface area (Å²) in [7, 11) is -3.17. The highest BCUT2D eigenvalue weighted by molar-refractivity contribution is 7.90. The SMILES string of the molecule is Cc1nc(Cl)c(NCc2ccc(S(C)(=O)=O)cc2)nc1C. The van der Waals surface area contributed by atoms with E-state index in [1.54, 1.807) is 24.3 Å². The Bertz CT molecular complexity index is 759. The number of halogens is 1. The van der Waals surface area contributed by atoms with Gasteiger partial charge in [0.05, 0.1) is 16.3 Å². The molecule has 2 rings (SSSR count). The Balaban J connectivity index is 2.12. The van der Waals surface area contributed by atoms with Crippen LogP contribution in [0.2, 0.25) is 5.15 Å². The monoisotopic (exact) mass is 325 g/mol. The van der Waals surface area contributed by atoms with E-state index < -0.39 is 9.84 Å². The topological polar surface area (TPSA) is 72.0 Å². The number of rotatable bonds is 4. The maximum absolute atomic E-state index is 11.4. The largest absolute Gasteiger partial charge is 0.363 e. The number of anilines is 1. The van der Waals surface area contributed by atoms with Gasteiger partial charge in [-0.1, -0.05) is 23.7 Å². The number of nitrogens with zero attached hydrogens (tertiary/aromatic N) is 2. The third kappa shape index (κ3) is 3.92. The number of sulfone groups is 1. The van der Waals surface area contributed by atoms with Crippen LogP contribution in [0.1, 0.15) is 17.0 Å². The quantitative estimate of drug-likeness (QED) is 0.935. The Morgan fingerprint density at radius 3 is 2.24 bits per heavy atom. The molecule has 0 spiro atoms. The first-order valence-electron chi connectivity index (χ1n) is 6.31. The van der Waals surface area contributed by atoms with Gasteiger partial charge >= 0.3 is 0 Å². The smallest absolute Gasteiger partial charge is 0.175 e. The molecule has 1 aromatic carbocycles. The highest BCUT2D eigenvalue weighted by atomic mass is 35.5. The van der Waals surface area contributed by atoms with E-state index in [-0.39, 0.29) is 0 Å². The molecule has 0 bridgehead atoms. The van der Waals surface area contributed by atoms with Crippen molar-refractivity contribution in [2.24, 2.45) is 0 Å². The summed E-state index contributed by atoms with van der Waals surface area (Å²) in [5.74, 6) is 0.520. The summed E-state index contributed by atoms with van der Waals surface area (Å²) in [6.07, 6.45) is 1.19. The van der Waals surface area contributed by atoms with Crippen LogP contribution in [0.3, 0.4) is 0 Å². The van der Waals surface area contributed by atoms with Gasteiger partial charge in [0.1, 0.15) is 0 Å². The van der Waals surface area contributed by atoms with Crippen molar-refractivity contribution in [1.82, 2.24) is 9.97 Å². The van der Waals surface area contributed by atoms with Gasteiger partial charge in [0, 0.05) is 12.8 Å². The number of hydrogen-bond acceptors (Lipinski definition) is 5. The molecule has 2 aromatic rings. The summed E-state index contributed by atoms with van der Waals surface area (Å²) in [4.78, 5) is 8.84. The Kier molecular flexibility index (Phi) is 4.49. The first-order valence-corrected chi connectivity index (χ1v) is 8.58. The standard InChI is InChI=1S/C14H16ClN3O2S/c1-9-10(2)18-14(13(15)17-9)16-8-11-4-6-12(7-5-11)21(3,19)20/h4-7H,8H2,1-3H3,(H,16,18). The average Bonchev–Trinajstić information content (AvgIpc) is 2.41. The summed E-state index contributed by atoms with van der Waals surface area (Å²) in [5.41, 5.74) is 2.54. The van der Waals surface area contributed by atoms with E-state index in [0.29, 0.717) is 22.4 Å². The van der Waals surface area contributed by atoms with E-state index in [4.69, 9.17) is 11.6 Å². The van der Waals surface area contributed by atoms with Crippen molar-refractivity contribution in [2.45, 2.75) is 25.3 Å². The van der Waals surface area contributed by atoms with Crippen LogP contribution >= 0.6 is 11.6 Å². The molecule has 0 fully saturated rings. The normalized spacial score (nSPS) is 11.4. The van der Waals surface area contributed by atoms with Crippen molar-refractivity contribution in [3.8, 4) is 0 Å². The van der Waals surface area contributed by atoms with Gasteiger partial charge in [0.25, 0.3) is 0 Å². The predicted molar refractivity (Wildman–Crippen MR) is 83.4 cm³/mol. The van der Waals surface area contributed by atoms with Crippen LogP contribution in [0.15, 0.2) is 29.2 Å². The van der Waals surface area contributed by atoms with Gasteiger partial charge < -0.3 is 5.32 Å². The van der Waals surface area contributed by atoms with Crippen LogP contribution in [0, 0.1) is 13.8 Å². The van der Waals surface area contributed by atoms with E-state index in [1.807, 2.05) is 13.8 Å². The minimum Gasteiger partial charge on any atom is -0.363 e.